The van der Waals surface area contributed by atoms with Crippen molar-refractivity contribution in [3.63, 3.8) is 0 Å². The van der Waals surface area contributed by atoms with Crippen LogP contribution in [0.15, 0.2) is 47.6 Å². The van der Waals surface area contributed by atoms with Gasteiger partial charge in [0, 0.05) is 24.0 Å². The highest BCUT2D eigenvalue weighted by Gasteiger charge is 2.27. The maximum absolute atomic E-state index is 13.5. The van der Waals surface area contributed by atoms with E-state index in [1.165, 1.54) is 13.2 Å². The highest BCUT2D eigenvalue weighted by atomic mass is 19.1. The normalized spacial score (nSPS) is 21.8. The predicted octanol–water partition coefficient (Wildman–Crippen LogP) is 4.81. The lowest BCUT2D eigenvalue weighted by Gasteiger charge is -2.21. The highest BCUT2D eigenvalue weighted by Crippen LogP contribution is 2.32. The van der Waals surface area contributed by atoms with Crippen LogP contribution in [0.5, 0.6) is 5.75 Å². The molecule has 0 spiro atoms. The van der Waals surface area contributed by atoms with Crippen LogP contribution in [0.2, 0.25) is 0 Å². The second-order valence-electron chi connectivity index (χ2n) is 6.56. The fraction of sp³-hybridized carbons (Fsp3) is 0.450. The lowest BCUT2D eigenvalue weighted by atomic mass is 9.99. The van der Waals surface area contributed by atoms with Gasteiger partial charge in [0.05, 0.1) is 7.11 Å². The molecular formula is C20H27FN2O. The largest absolute Gasteiger partial charge is 0.494 e. The molecule has 0 unspecified atom stereocenters. The summed E-state index contributed by atoms with van der Waals surface area (Å²) >= 11 is 0. The zero-order valence-corrected chi connectivity index (χ0v) is 14.8. The van der Waals surface area contributed by atoms with Crippen molar-refractivity contribution >= 4 is 6.21 Å². The van der Waals surface area contributed by atoms with Gasteiger partial charge in [0.15, 0.2) is 11.6 Å². The lowest BCUT2D eigenvalue weighted by molar-refractivity contribution is 0.384. The fourth-order valence-corrected chi connectivity index (χ4v) is 3.16. The molecule has 1 saturated carbocycles. The zero-order valence-electron chi connectivity index (χ0n) is 14.8. The summed E-state index contributed by atoms with van der Waals surface area (Å²) in [5, 5.41) is 3.63. The van der Waals surface area contributed by atoms with E-state index in [0.717, 1.165) is 36.1 Å². The van der Waals surface area contributed by atoms with Gasteiger partial charge < -0.3 is 10.1 Å². The van der Waals surface area contributed by atoms with Crippen LogP contribution in [0.25, 0.3) is 0 Å². The van der Waals surface area contributed by atoms with Crippen molar-refractivity contribution in [3.8, 4) is 5.75 Å². The van der Waals surface area contributed by atoms with E-state index in [0.29, 0.717) is 12.0 Å². The monoisotopic (exact) mass is 330 g/mol. The lowest BCUT2D eigenvalue weighted by Crippen LogP contribution is -2.29. The predicted molar refractivity (Wildman–Crippen MR) is 98.1 cm³/mol. The molecule has 1 aromatic rings. The Bertz CT molecular complexity index is 639. The summed E-state index contributed by atoms with van der Waals surface area (Å²) in [6.07, 6.45) is 5.10. The smallest absolute Gasteiger partial charge is 0.165 e. The van der Waals surface area contributed by atoms with Crippen LogP contribution in [0.1, 0.15) is 44.7 Å². The van der Waals surface area contributed by atoms with Crippen molar-refractivity contribution in [1.29, 1.82) is 0 Å². The number of aliphatic imine (C=N–C) groups is 1. The Hall–Kier alpha value is -1.94. The number of allylic oxidation sites excluding steroid dienone is 2. The van der Waals surface area contributed by atoms with Crippen LogP contribution < -0.4 is 10.1 Å². The molecule has 1 fully saturated rings. The molecule has 4 heteroatoms. The first-order chi connectivity index (χ1) is 11.4. The van der Waals surface area contributed by atoms with Crippen LogP contribution >= 0.6 is 0 Å². The van der Waals surface area contributed by atoms with Crippen molar-refractivity contribution < 1.29 is 9.13 Å². The number of nitrogens with zero attached hydrogens (tertiary/aromatic N) is 1. The van der Waals surface area contributed by atoms with Gasteiger partial charge in [0.1, 0.15) is 0 Å². The van der Waals surface area contributed by atoms with Crippen LogP contribution in [-0.2, 0) is 0 Å². The van der Waals surface area contributed by atoms with Crippen LogP contribution in [0, 0.1) is 11.7 Å². The van der Waals surface area contributed by atoms with Crippen LogP contribution in [-0.4, -0.2) is 19.4 Å². The van der Waals surface area contributed by atoms with Gasteiger partial charge in [-0.25, -0.2) is 4.39 Å². The van der Waals surface area contributed by atoms with E-state index < -0.39 is 0 Å². The Morgan fingerprint density at radius 2 is 2.17 bits per heavy atom. The fourth-order valence-electron chi connectivity index (χ4n) is 3.16. The Balaban J connectivity index is 1.93. The highest BCUT2D eigenvalue weighted by molar-refractivity contribution is 5.79. The maximum atomic E-state index is 13.5. The summed E-state index contributed by atoms with van der Waals surface area (Å²) in [6.45, 7) is 11.9. The molecule has 1 aliphatic carbocycles. The van der Waals surface area contributed by atoms with Crippen molar-refractivity contribution in [2.45, 2.75) is 45.2 Å². The molecular weight excluding hydrogens is 303 g/mol. The topological polar surface area (TPSA) is 33.6 Å². The summed E-state index contributed by atoms with van der Waals surface area (Å²) in [4.78, 5) is 4.24. The molecule has 130 valence electrons. The molecule has 0 radical (unpaired) electrons. The van der Waals surface area contributed by atoms with Crippen LogP contribution in [0.3, 0.4) is 0 Å². The van der Waals surface area contributed by atoms with Crippen molar-refractivity contribution in [2.75, 3.05) is 7.11 Å². The molecule has 0 amide bonds. The number of rotatable bonds is 7. The Labute approximate surface area is 144 Å². The summed E-state index contributed by atoms with van der Waals surface area (Å²) in [7, 11) is 1.49. The second kappa shape index (κ2) is 8.25. The number of hydrogen-bond donors (Lipinski definition) is 1. The zero-order chi connectivity index (χ0) is 17.7. The number of nitrogens with one attached hydrogen (secondary N) is 1. The van der Waals surface area contributed by atoms with Gasteiger partial charge in [-0.1, -0.05) is 19.2 Å². The average molecular weight is 330 g/mol. The molecule has 3 nitrogen and oxygen atoms in total. The minimum absolute atomic E-state index is 0.139. The Kier molecular flexibility index (Phi) is 6.32. The summed E-state index contributed by atoms with van der Waals surface area (Å²) in [5.41, 5.74) is 2.89. The van der Waals surface area contributed by atoms with Gasteiger partial charge in [-0.3, -0.25) is 4.99 Å². The minimum atomic E-state index is -0.331. The van der Waals surface area contributed by atoms with Gasteiger partial charge >= 0.3 is 0 Å². The molecule has 1 aromatic carbocycles. The Morgan fingerprint density at radius 1 is 1.42 bits per heavy atom. The molecule has 3 atom stereocenters. The SMILES string of the molecule is C=C(C)N=CC(=C)[C@@H]1CC[C@H](N[C@H](C)c2ccc(F)c(OC)c2)C1. The molecule has 0 saturated heterocycles. The quantitative estimate of drug-likeness (QED) is 0.728. The van der Waals surface area contributed by atoms with E-state index in [1.54, 1.807) is 12.1 Å². The van der Waals surface area contributed by atoms with Gasteiger partial charge in [-0.2, -0.15) is 0 Å². The van der Waals surface area contributed by atoms with E-state index in [4.69, 9.17) is 4.74 Å². The first-order valence-electron chi connectivity index (χ1n) is 8.38. The average Bonchev–Trinajstić information content (AvgIpc) is 3.01. The van der Waals surface area contributed by atoms with Gasteiger partial charge in [0.25, 0.3) is 0 Å². The number of methoxy groups -OCH3 is 1. The molecule has 24 heavy (non-hydrogen) atoms. The third kappa shape index (κ3) is 4.78. The number of ether oxygens (including phenoxy) is 1. The second-order valence-corrected chi connectivity index (χ2v) is 6.56. The third-order valence-corrected chi connectivity index (χ3v) is 4.57. The first kappa shape index (κ1) is 18.4. The first-order valence-corrected chi connectivity index (χ1v) is 8.38. The van der Waals surface area contributed by atoms with Crippen molar-refractivity contribution in [1.82, 2.24) is 5.32 Å². The summed E-state index contributed by atoms with van der Waals surface area (Å²) in [5.74, 6) is 0.415. The summed E-state index contributed by atoms with van der Waals surface area (Å²) < 4.78 is 18.6. The molecule has 1 N–H and O–H groups in total. The molecule has 1 aliphatic rings. The van der Waals surface area contributed by atoms with Gasteiger partial charge in [0.2, 0.25) is 0 Å². The third-order valence-electron chi connectivity index (χ3n) is 4.57. The van der Waals surface area contributed by atoms with Crippen molar-refractivity contribution in [3.05, 3.63) is 54.0 Å². The summed E-state index contributed by atoms with van der Waals surface area (Å²) in [6, 6.07) is 5.59. The van der Waals surface area contributed by atoms with Gasteiger partial charge in [-0.05, 0) is 62.3 Å². The van der Waals surface area contributed by atoms with E-state index >= 15 is 0 Å². The number of halogens is 1. The maximum Gasteiger partial charge on any atom is 0.165 e. The van der Waals surface area contributed by atoms with Crippen LogP contribution in [0.4, 0.5) is 4.39 Å². The number of hydrogen-bond acceptors (Lipinski definition) is 3. The van der Waals surface area contributed by atoms with E-state index in [1.807, 2.05) is 13.1 Å². The molecule has 0 aromatic heterocycles. The Morgan fingerprint density at radius 3 is 2.83 bits per heavy atom. The van der Waals surface area contributed by atoms with E-state index in [9.17, 15) is 4.39 Å². The molecule has 0 bridgehead atoms. The molecule has 0 aliphatic heterocycles. The van der Waals surface area contributed by atoms with E-state index in [2.05, 4.69) is 30.4 Å². The standard InChI is InChI=1S/C20H27FN2O/c1-13(2)22-12-14(3)16-6-8-18(10-16)23-15(4)17-7-9-19(21)20(11-17)24-5/h7,9,11-12,15-16,18,23H,1,3,6,8,10H2,2,4-5H3/t15-,16-,18+/m1/s1. The molecule has 2 rings (SSSR count). The van der Waals surface area contributed by atoms with Crippen molar-refractivity contribution in [2.24, 2.45) is 10.9 Å². The number of benzene rings is 1. The molecule has 0 heterocycles. The minimum Gasteiger partial charge on any atom is -0.494 e. The van der Waals surface area contributed by atoms with E-state index in [-0.39, 0.29) is 17.6 Å². The van der Waals surface area contributed by atoms with Gasteiger partial charge in [-0.15, -0.1) is 0 Å².